The van der Waals surface area contributed by atoms with Crippen LogP contribution in [0.25, 0.3) is 0 Å². The number of hydrogen-bond donors (Lipinski definition) is 0. The van der Waals surface area contributed by atoms with Crippen LogP contribution in [0.15, 0.2) is 60.7 Å². The molecule has 0 radical (unpaired) electrons. The van der Waals surface area contributed by atoms with Crippen molar-refractivity contribution in [2.75, 3.05) is 13.7 Å². The number of allylic oxidation sites excluding steroid dienone is 1. The molecule has 1 saturated carbocycles. The first kappa shape index (κ1) is 25.0. The van der Waals surface area contributed by atoms with E-state index in [9.17, 15) is 4.79 Å². The van der Waals surface area contributed by atoms with E-state index in [1.807, 2.05) is 24.3 Å². The molecule has 3 fully saturated rings. The fourth-order valence-electron chi connectivity index (χ4n) is 5.70. The van der Waals surface area contributed by atoms with Crippen LogP contribution in [0.5, 0.6) is 5.75 Å². The highest BCUT2D eigenvalue weighted by atomic mass is 16.7. The Kier molecular flexibility index (Phi) is 6.95. The van der Waals surface area contributed by atoms with Crippen LogP contribution in [-0.2, 0) is 31.2 Å². The molecule has 2 aromatic carbocycles. The summed E-state index contributed by atoms with van der Waals surface area (Å²) in [6.45, 7) is 9.71. The average Bonchev–Trinajstić information content (AvgIpc) is 3.55. The Labute approximate surface area is 213 Å². The molecule has 0 bridgehead atoms. The third-order valence-corrected chi connectivity index (χ3v) is 8.04. The van der Waals surface area contributed by atoms with Gasteiger partial charge in [-0.3, -0.25) is 0 Å². The van der Waals surface area contributed by atoms with E-state index in [2.05, 4.69) is 32.6 Å². The Morgan fingerprint density at radius 1 is 1.11 bits per heavy atom. The van der Waals surface area contributed by atoms with E-state index in [-0.39, 0.29) is 18.4 Å². The fourth-order valence-corrected chi connectivity index (χ4v) is 5.70. The molecule has 6 heteroatoms. The lowest BCUT2D eigenvalue weighted by Gasteiger charge is -2.36. The van der Waals surface area contributed by atoms with E-state index in [1.54, 1.807) is 12.1 Å². The number of methoxy groups -OCH3 is 1. The summed E-state index contributed by atoms with van der Waals surface area (Å²) < 4.78 is 29.6. The Hall–Kier alpha value is -2.67. The van der Waals surface area contributed by atoms with Crippen LogP contribution < -0.4 is 4.74 Å². The van der Waals surface area contributed by atoms with Gasteiger partial charge in [0, 0.05) is 6.42 Å². The van der Waals surface area contributed by atoms with Crippen molar-refractivity contribution in [2.45, 2.75) is 76.2 Å². The first-order chi connectivity index (χ1) is 17.3. The van der Waals surface area contributed by atoms with E-state index in [0.29, 0.717) is 18.1 Å². The number of carbonyl (C=O) groups excluding carboxylic acids is 1. The maximum atomic E-state index is 11.7. The number of carbonyl (C=O) groups is 1. The number of esters is 1. The van der Waals surface area contributed by atoms with Crippen molar-refractivity contribution in [1.82, 2.24) is 0 Å². The standard InChI is InChI=1S/C30H36O6/c1-20(2)23-17-26(34-19-21-8-10-22(11-9-21)28(31)32-4)29(3)30(18-23,36-29)24-12-14-25(15-13-24)35-27-7-5-6-16-33-27/h8-15,23,26-27H,1,5-7,16-19H2,2-4H3/t23-,26-,27?,29+,30+/m0/s1. The predicted octanol–water partition coefficient (Wildman–Crippen LogP) is 5.93. The molecule has 1 aliphatic carbocycles. The summed E-state index contributed by atoms with van der Waals surface area (Å²) in [6, 6.07) is 15.6. The Morgan fingerprint density at radius 2 is 1.86 bits per heavy atom. The molecule has 0 N–H and O–H groups in total. The highest BCUT2D eigenvalue weighted by Crippen LogP contribution is 2.66. The molecular formula is C30H36O6. The Balaban J connectivity index is 1.30. The number of benzene rings is 2. The topological polar surface area (TPSA) is 66.5 Å². The van der Waals surface area contributed by atoms with Crippen LogP contribution in [0, 0.1) is 5.92 Å². The minimum Gasteiger partial charge on any atom is -0.465 e. The molecule has 36 heavy (non-hydrogen) atoms. The van der Waals surface area contributed by atoms with Crippen molar-refractivity contribution in [3.63, 3.8) is 0 Å². The smallest absolute Gasteiger partial charge is 0.337 e. The van der Waals surface area contributed by atoms with Gasteiger partial charge >= 0.3 is 5.97 Å². The lowest BCUT2D eigenvalue weighted by molar-refractivity contribution is -0.105. The largest absolute Gasteiger partial charge is 0.465 e. The van der Waals surface area contributed by atoms with Gasteiger partial charge in [-0.25, -0.2) is 4.79 Å². The lowest BCUT2D eigenvalue weighted by Crippen LogP contribution is -2.43. The molecule has 5 atom stereocenters. The molecule has 6 nitrogen and oxygen atoms in total. The molecular weight excluding hydrogens is 456 g/mol. The summed E-state index contributed by atoms with van der Waals surface area (Å²) in [5, 5.41) is 0. The summed E-state index contributed by atoms with van der Waals surface area (Å²) in [7, 11) is 1.38. The zero-order chi connectivity index (χ0) is 25.3. The SMILES string of the molecule is C=C(C)[C@H]1C[C@H](OCc2ccc(C(=O)OC)cc2)[C@@]2(C)O[C@@]2(c2ccc(OC3CCCCO3)cc2)C1. The zero-order valence-corrected chi connectivity index (χ0v) is 21.5. The van der Waals surface area contributed by atoms with Crippen LogP contribution in [0.2, 0.25) is 0 Å². The summed E-state index contributed by atoms with van der Waals surface area (Å²) >= 11 is 0. The second kappa shape index (κ2) is 10.0. The summed E-state index contributed by atoms with van der Waals surface area (Å²) in [5.74, 6) is 0.782. The van der Waals surface area contributed by atoms with E-state index in [4.69, 9.17) is 23.7 Å². The van der Waals surface area contributed by atoms with E-state index in [1.165, 1.54) is 7.11 Å². The maximum Gasteiger partial charge on any atom is 0.337 e. The molecule has 2 saturated heterocycles. The monoisotopic (exact) mass is 492 g/mol. The van der Waals surface area contributed by atoms with E-state index < -0.39 is 11.2 Å². The van der Waals surface area contributed by atoms with Crippen molar-refractivity contribution in [2.24, 2.45) is 5.92 Å². The minimum atomic E-state index is -0.417. The first-order valence-electron chi connectivity index (χ1n) is 12.9. The third kappa shape index (κ3) is 4.70. The molecule has 0 aromatic heterocycles. The van der Waals surface area contributed by atoms with Gasteiger partial charge in [-0.1, -0.05) is 36.4 Å². The summed E-state index contributed by atoms with van der Waals surface area (Å²) in [6.07, 6.45) is 4.68. The van der Waals surface area contributed by atoms with E-state index >= 15 is 0 Å². The molecule has 5 rings (SSSR count). The third-order valence-electron chi connectivity index (χ3n) is 8.04. The molecule has 192 valence electrons. The number of rotatable bonds is 8. The normalized spacial score (nSPS) is 31.2. The van der Waals surface area contributed by atoms with Crippen molar-refractivity contribution in [1.29, 1.82) is 0 Å². The van der Waals surface area contributed by atoms with Gasteiger partial charge in [-0.05, 0) is 80.8 Å². The second-order valence-corrected chi connectivity index (χ2v) is 10.4. The number of epoxide rings is 1. The fraction of sp³-hybridized carbons (Fsp3) is 0.500. The van der Waals surface area contributed by atoms with Gasteiger partial charge in [0.25, 0.3) is 0 Å². The number of ether oxygens (including phenoxy) is 5. The highest BCUT2D eigenvalue weighted by molar-refractivity contribution is 5.89. The second-order valence-electron chi connectivity index (χ2n) is 10.4. The predicted molar refractivity (Wildman–Crippen MR) is 136 cm³/mol. The molecule has 2 aromatic rings. The molecule has 0 amide bonds. The molecule has 2 aliphatic heterocycles. The zero-order valence-electron chi connectivity index (χ0n) is 21.5. The maximum absolute atomic E-state index is 11.7. The van der Waals surface area contributed by atoms with Crippen LogP contribution in [0.1, 0.15) is 67.4 Å². The number of hydrogen-bond acceptors (Lipinski definition) is 6. The quantitative estimate of drug-likeness (QED) is 0.258. The van der Waals surface area contributed by atoms with Gasteiger partial charge in [-0.2, -0.15) is 0 Å². The van der Waals surface area contributed by atoms with Gasteiger partial charge in [-0.15, -0.1) is 0 Å². The minimum absolute atomic E-state index is 0.0835. The van der Waals surface area contributed by atoms with Crippen molar-refractivity contribution >= 4 is 5.97 Å². The first-order valence-corrected chi connectivity index (χ1v) is 12.9. The van der Waals surface area contributed by atoms with Crippen LogP contribution in [0.3, 0.4) is 0 Å². The van der Waals surface area contributed by atoms with Crippen molar-refractivity contribution in [3.05, 3.63) is 77.4 Å². The number of fused-ring (bicyclic) bond motifs is 1. The average molecular weight is 493 g/mol. The van der Waals surface area contributed by atoms with E-state index in [0.717, 1.165) is 61.2 Å². The summed E-state index contributed by atoms with van der Waals surface area (Å²) in [4.78, 5) is 11.7. The Morgan fingerprint density at radius 3 is 2.50 bits per heavy atom. The highest BCUT2D eigenvalue weighted by Gasteiger charge is 2.74. The molecule has 2 heterocycles. The van der Waals surface area contributed by atoms with Crippen LogP contribution in [0.4, 0.5) is 0 Å². The van der Waals surface area contributed by atoms with Gasteiger partial charge in [0.15, 0.2) is 6.29 Å². The van der Waals surface area contributed by atoms with Crippen LogP contribution in [-0.4, -0.2) is 37.7 Å². The van der Waals surface area contributed by atoms with Gasteiger partial charge in [0.05, 0.1) is 32.0 Å². The van der Waals surface area contributed by atoms with Gasteiger partial charge < -0.3 is 23.7 Å². The molecule has 1 unspecified atom stereocenters. The summed E-state index contributed by atoms with van der Waals surface area (Å²) in [5.41, 5.74) is 3.00. The van der Waals surface area contributed by atoms with Gasteiger partial charge in [0.1, 0.15) is 17.0 Å². The van der Waals surface area contributed by atoms with Crippen molar-refractivity contribution < 1.29 is 28.5 Å². The van der Waals surface area contributed by atoms with Crippen molar-refractivity contribution in [3.8, 4) is 5.75 Å². The van der Waals surface area contributed by atoms with Crippen LogP contribution >= 0.6 is 0 Å². The Bertz CT molecular complexity index is 1090. The lowest BCUT2D eigenvalue weighted by atomic mass is 9.68. The van der Waals surface area contributed by atoms with Gasteiger partial charge in [0.2, 0.25) is 0 Å². The molecule has 3 aliphatic rings. The molecule has 0 spiro atoms.